The quantitative estimate of drug-likeness (QED) is 0.223. The average Bonchev–Trinajstić information content (AvgIpc) is 3.11. The van der Waals surface area contributed by atoms with Gasteiger partial charge in [-0.05, 0) is 39.0 Å². The van der Waals surface area contributed by atoms with Gasteiger partial charge in [0.1, 0.15) is 29.9 Å². The van der Waals surface area contributed by atoms with Crippen molar-refractivity contribution in [2.45, 2.75) is 87.5 Å². The van der Waals surface area contributed by atoms with Gasteiger partial charge in [-0.2, -0.15) is 0 Å². The summed E-state index contributed by atoms with van der Waals surface area (Å²) in [5, 5.41) is 37.0. The van der Waals surface area contributed by atoms with Crippen molar-refractivity contribution in [3.05, 3.63) is 0 Å². The van der Waals surface area contributed by atoms with Gasteiger partial charge >= 0.3 is 0 Å². The van der Waals surface area contributed by atoms with Crippen molar-refractivity contribution in [1.29, 1.82) is 0 Å². The Bertz CT molecular complexity index is 627. The fourth-order valence-electron chi connectivity index (χ4n) is 4.69. The minimum absolute atomic E-state index is 0.123. The van der Waals surface area contributed by atoms with E-state index in [-0.39, 0.29) is 30.8 Å². The smallest absolute Gasteiger partial charge is 0.237 e. The predicted octanol–water partition coefficient (Wildman–Crippen LogP) is -1.38. The van der Waals surface area contributed by atoms with Crippen LogP contribution in [0.4, 0.5) is 0 Å². The van der Waals surface area contributed by atoms with Crippen LogP contribution in [0.15, 0.2) is 0 Å². The molecule has 32 heavy (non-hydrogen) atoms. The highest BCUT2D eigenvalue weighted by atomic mass is 32.2. The Balaban J connectivity index is 2.22. The van der Waals surface area contributed by atoms with E-state index in [0.717, 1.165) is 25.8 Å². The Labute approximate surface area is 194 Å². The monoisotopic (exact) mass is 476 g/mol. The Kier molecular flexibility index (Phi) is 10.7. The number of hydrogen-bond acceptors (Lipinski definition) is 9. The first-order chi connectivity index (χ1) is 15.1. The number of nitrogens with one attached hydrogen (secondary N) is 2. The van der Waals surface area contributed by atoms with Gasteiger partial charge in [-0.1, -0.05) is 13.3 Å². The molecule has 0 saturated carbocycles. The summed E-state index contributed by atoms with van der Waals surface area (Å²) in [7, 11) is 1.91. The molecule has 0 radical (unpaired) electrons. The first-order valence-corrected chi connectivity index (χ1v) is 12.7. The van der Waals surface area contributed by atoms with Crippen molar-refractivity contribution >= 4 is 23.6 Å². The van der Waals surface area contributed by atoms with Crippen molar-refractivity contribution in [3.63, 3.8) is 0 Å². The van der Waals surface area contributed by atoms with Crippen LogP contribution in [0.25, 0.3) is 0 Å². The predicted molar refractivity (Wildman–Crippen MR) is 123 cm³/mol. The number of nitrogens with zero attached hydrogens (tertiary/aromatic N) is 1. The largest absolute Gasteiger partial charge is 0.388 e. The second-order valence-corrected chi connectivity index (χ2v) is 9.89. The molecule has 0 aromatic carbocycles. The van der Waals surface area contributed by atoms with E-state index >= 15 is 0 Å². The molecule has 7 N–H and O–H groups in total. The molecule has 2 unspecified atom stereocenters. The van der Waals surface area contributed by atoms with Gasteiger partial charge in [-0.15, -0.1) is 11.8 Å². The summed E-state index contributed by atoms with van der Waals surface area (Å²) in [4.78, 5) is 27.4. The number of aliphatic hydroxyl groups is 3. The van der Waals surface area contributed by atoms with Crippen LogP contribution in [0.2, 0.25) is 0 Å². The minimum atomic E-state index is -1.44. The van der Waals surface area contributed by atoms with E-state index in [1.165, 1.54) is 11.8 Å². The average molecular weight is 477 g/mol. The zero-order valence-corrected chi connectivity index (χ0v) is 20.3. The van der Waals surface area contributed by atoms with E-state index in [9.17, 15) is 24.9 Å². The van der Waals surface area contributed by atoms with Crippen molar-refractivity contribution < 1.29 is 29.6 Å². The summed E-state index contributed by atoms with van der Waals surface area (Å²) >= 11 is 1.20. The van der Waals surface area contributed by atoms with Crippen LogP contribution in [0.5, 0.6) is 0 Å². The van der Waals surface area contributed by atoms with Crippen LogP contribution in [0.3, 0.4) is 0 Å². The lowest BCUT2D eigenvalue weighted by atomic mass is 9.90. The number of likely N-dealkylation sites (tertiary alicyclic amines) is 1. The number of aliphatic hydroxyl groups excluding tert-OH is 3. The minimum Gasteiger partial charge on any atom is -0.388 e. The number of ether oxygens (including phenoxy) is 1. The molecule has 9 atom stereocenters. The highest BCUT2D eigenvalue weighted by Gasteiger charge is 2.48. The third-order valence-electron chi connectivity index (χ3n) is 6.43. The van der Waals surface area contributed by atoms with Crippen LogP contribution < -0.4 is 16.4 Å². The number of thioether (sulfide) groups is 1. The van der Waals surface area contributed by atoms with Gasteiger partial charge in [0.15, 0.2) is 0 Å². The Morgan fingerprint density at radius 1 is 1.22 bits per heavy atom. The molecule has 0 bridgehead atoms. The van der Waals surface area contributed by atoms with E-state index in [2.05, 4.69) is 17.6 Å². The SMILES string of the molecule is CCC[C@@H]1C[C@@H](C(=O)N[C@H]([C@H](C)NC(=O)CCN)[C@H]2OC(SC)[C@H](O)[C@H](O)C2O)N(C)C1. The molecule has 2 heterocycles. The van der Waals surface area contributed by atoms with Gasteiger partial charge in [-0.3, -0.25) is 14.5 Å². The zero-order valence-electron chi connectivity index (χ0n) is 19.4. The molecular formula is C21H40N4O6S. The number of likely N-dealkylation sites (N-methyl/N-ethyl adjacent to an activating group) is 1. The maximum atomic E-state index is 13.2. The van der Waals surface area contributed by atoms with Gasteiger partial charge in [0.05, 0.1) is 12.1 Å². The van der Waals surface area contributed by atoms with E-state index in [4.69, 9.17) is 10.5 Å². The Morgan fingerprint density at radius 3 is 2.50 bits per heavy atom. The van der Waals surface area contributed by atoms with Gasteiger partial charge in [0, 0.05) is 25.6 Å². The maximum Gasteiger partial charge on any atom is 0.237 e. The van der Waals surface area contributed by atoms with Crippen molar-refractivity contribution in [3.8, 4) is 0 Å². The molecule has 2 fully saturated rings. The van der Waals surface area contributed by atoms with Crippen LogP contribution in [-0.4, -0.2) is 106 Å². The maximum absolute atomic E-state index is 13.2. The molecule has 0 aliphatic carbocycles. The van der Waals surface area contributed by atoms with Crippen molar-refractivity contribution in [1.82, 2.24) is 15.5 Å². The lowest BCUT2D eigenvalue weighted by Gasteiger charge is -2.45. The molecule has 2 amide bonds. The lowest BCUT2D eigenvalue weighted by molar-refractivity contribution is -0.207. The third-order valence-corrected chi connectivity index (χ3v) is 7.29. The van der Waals surface area contributed by atoms with E-state index in [1.807, 2.05) is 11.9 Å². The number of hydrogen-bond donors (Lipinski definition) is 6. The summed E-state index contributed by atoms with van der Waals surface area (Å²) < 4.78 is 5.90. The molecule has 186 valence electrons. The van der Waals surface area contributed by atoms with Gasteiger partial charge in [-0.25, -0.2) is 0 Å². The summed E-state index contributed by atoms with van der Waals surface area (Å²) in [5.74, 6) is -0.0593. The van der Waals surface area contributed by atoms with Crippen molar-refractivity contribution in [2.24, 2.45) is 11.7 Å². The van der Waals surface area contributed by atoms with Crippen LogP contribution in [-0.2, 0) is 14.3 Å². The highest BCUT2D eigenvalue weighted by Crippen LogP contribution is 2.30. The Hall–Kier alpha value is -0.950. The molecule has 10 nitrogen and oxygen atoms in total. The fraction of sp³-hybridized carbons (Fsp3) is 0.905. The first-order valence-electron chi connectivity index (χ1n) is 11.4. The number of carbonyl (C=O) groups excluding carboxylic acids is 2. The van der Waals surface area contributed by atoms with Gasteiger partial charge < -0.3 is 36.4 Å². The van der Waals surface area contributed by atoms with E-state index in [0.29, 0.717) is 5.92 Å². The second-order valence-electron chi connectivity index (χ2n) is 8.95. The number of rotatable bonds is 10. The van der Waals surface area contributed by atoms with E-state index < -0.39 is 41.9 Å². The molecule has 2 rings (SSSR count). The topological polar surface area (TPSA) is 157 Å². The highest BCUT2D eigenvalue weighted by molar-refractivity contribution is 7.99. The normalized spacial score (nSPS) is 35.3. The molecule has 2 aliphatic rings. The van der Waals surface area contributed by atoms with Gasteiger partial charge in [0.25, 0.3) is 0 Å². The number of amides is 2. The number of nitrogens with two attached hydrogens (primary N) is 1. The van der Waals surface area contributed by atoms with Gasteiger partial charge in [0.2, 0.25) is 11.8 Å². The molecule has 2 aliphatic heterocycles. The molecular weight excluding hydrogens is 436 g/mol. The van der Waals surface area contributed by atoms with Crippen LogP contribution in [0.1, 0.15) is 39.5 Å². The summed E-state index contributed by atoms with van der Waals surface area (Å²) in [6.07, 6.45) is -0.506. The second kappa shape index (κ2) is 12.5. The molecule has 11 heteroatoms. The summed E-state index contributed by atoms with van der Waals surface area (Å²) in [6.45, 7) is 4.85. The summed E-state index contributed by atoms with van der Waals surface area (Å²) in [6, 6.07) is -1.76. The fourth-order valence-corrected chi connectivity index (χ4v) is 5.37. The van der Waals surface area contributed by atoms with Crippen molar-refractivity contribution in [2.75, 3.05) is 26.4 Å². The molecule has 2 saturated heterocycles. The summed E-state index contributed by atoms with van der Waals surface area (Å²) in [5.41, 5.74) is 4.68. The third kappa shape index (κ3) is 6.55. The van der Waals surface area contributed by atoms with E-state index in [1.54, 1.807) is 13.2 Å². The lowest BCUT2D eigenvalue weighted by Crippen LogP contribution is -2.67. The zero-order chi connectivity index (χ0) is 24.0. The first kappa shape index (κ1) is 27.3. The molecule has 0 aromatic rings. The standard InChI is InChI=1S/C21H40N4O6S/c1-5-6-12-9-13(25(3)10-12)20(30)24-15(11(2)23-14(26)7-8-22)19-17(28)16(27)18(29)21(31-19)32-4/h11-13,15-19,21,27-29H,5-10,22H2,1-4H3,(H,23,26)(H,24,30)/t11-,12+,13-,15+,16+,17?,18+,19+,21?/m0/s1. The molecule has 0 aromatic heterocycles. The number of carbonyl (C=O) groups is 2. The van der Waals surface area contributed by atoms with Crippen LogP contribution >= 0.6 is 11.8 Å². The Morgan fingerprint density at radius 2 is 1.91 bits per heavy atom. The van der Waals surface area contributed by atoms with Crippen LogP contribution in [0, 0.1) is 5.92 Å². The molecule has 0 spiro atoms.